The van der Waals surface area contributed by atoms with Crippen LogP contribution in [-0.4, -0.2) is 18.4 Å². The topological polar surface area (TPSA) is 56.2 Å². The van der Waals surface area contributed by atoms with Crippen molar-refractivity contribution in [2.45, 2.75) is 6.42 Å². The number of guanidine groups is 1. The van der Waals surface area contributed by atoms with Gasteiger partial charge in [0.15, 0.2) is 0 Å². The second-order valence-electron chi connectivity index (χ2n) is 3.13. The summed E-state index contributed by atoms with van der Waals surface area (Å²) >= 11 is 0. The SMILES string of the molecule is N=C1NC(=O)CCN1c1ccccc1. The molecule has 1 heterocycles. The minimum absolute atomic E-state index is 0.0813. The molecule has 72 valence electrons. The first-order chi connectivity index (χ1) is 6.77. The Labute approximate surface area is 82.0 Å². The molecule has 1 aliphatic heterocycles. The Bertz CT molecular complexity index is 361. The second kappa shape index (κ2) is 3.49. The second-order valence-corrected chi connectivity index (χ2v) is 3.13. The molecule has 1 saturated heterocycles. The fourth-order valence-corrected chi connectivity index (χ4v) is 1.45. The van der Waals surface area contributed by atoms with E-state index in [9.17, 15) is 4.79 Å². The maximum atomic E-state index is 11.0. The lowest BCUT2D eigenvalue weighted by atomic mass is 10.2. The van der Waals surface area contributed by atoms with Crippen LogP contribution in [-0.2, 0) is 4.79 Å². The van der Waals surface area contributed by atoms with Crippen molar-refractivity contribution in [1.29, 1.82) is 5.41 Å². The Hall–Kier alpha value is -1.84. The van der Waals surface area contributed by atoms with Gasteiger partial charge in [0.1, 0.15) is 0 Å². The van der Waals surface area contributed by atoms with Gasteiger partial charge in [0.05, 0.1) is 0 Å². The number of nitrogens with one attached hydrogen (secondary N) is 2. The highest BCUT2D eigenvalue weighted by Crippen LogP contribution is 2.15. The molecular weight excluding hydrogens is 178 g/mol. The molecule has 0 aromatic heterocycles. The predicted molar refractivity (Wildman–Crippen MR) is 54.3 cm³/mol. The van der Waals surface area contributed by atoms with Crippen molar-refractivity contribution in [2.75, 3.05) is 11.4 Å². The summed E-state index contributed by atoms with van der Waals surface area (Å²) < 4.78 is 0. The van der Waals surface area contributed by atoms with Gasteiger partial charge in [-0.05, 0) is 12.1 Å². The zero-order chi connectivity index (χ0) is 9.97. The van der Waals surface area contributed by atoms with E-state index in [1.807, 2.05) is 30.3 Å². The quantitative estimate of drug-likeness (QED) is 0.691. The van der Waals surface area contributed by atoms with Crippen molar-refractivity contribution >= 4 is 17.6 Å². The summed E-state index contributed by atoms with van der Waals surface area (Å²) in [5, 5.41) is 10.1. The summed E-state index contributed by atoms with van der Waals surface area (Å²) in [6, 6.07) is 9.60. The molecular formula is C10H11N3O. The number of carbonyl (C=O) groups is 1. The molecule has 0 atom stereocenters. The van der Waals surface area contributed by atoms with Crippen molar-refractivity contribution in [2.24, 2.45) is 0 Å². The molecule has 14 heavy (non-hydrogen) atoms. The van der Waals surface area contributed by atoms with Crippen LogP contribution in [0.1, 0.15) is 6.42 Å². The lowest BCUT2D eigenvalue weighted by Gasteiger charge is -2.28. The molecule has 0 aliphatic carbocycles. The average Bonchev–Trinajstić information content (AvgIpc) is 2.19. The third kappa shape index (κ3) is 1.59. The highest BCUT2D eigenvalue weighted by atomic mass is 16.2. The van der Waals surface area contributed by atoms with Crippen LogP contribution >= 0.6 is 0 Å². The van der Waals surface area contributed by atoms with Crippen LogP contribution in [0.3, 0.4) is 0 Å². The lowest BCUT2D eigenvalue weighted by molar-refractivity contribution is -0.119. The van der Waals surface area contributed by atoms with Gasteiger partial charge < -0.3 is 4.90 Å². The van der Waals surface area contributed by atoms with E-state index in [1.165, 1.54) is 0 Å². The number of benzene rings is 1. The van der Waals surface area contributed by atoms with E-state index >= 15 is 0 Å². The molecule has 1 aromatic rings. The van der Waals surface area contributed by atoms with Crippen LogP contribution in [0.4, 0.5) is 5.69 Å². The third-order valence-electron chi connectivity index (χ3n) is 2.16. The number of para-hydroxylation sites is 1. The molecule has 2 N–H and O–H groups in total. The summed E-state index contributed by atoms with van der Waals surface area (Å²) in [6.45, 7) is 0.578. The van der Waals surface area contributed by atoms with E-state index < -0.39 is 0 Å². The summed E-state index contributed by atoms with van der Waals surface area (Å²) in [4.78, 5) is 12.8. The van der Waals surface area contributed by atoms with Crippen LogP contribution < -0.4 is 10.2 Å². The lowest BCUT2D eigenvalue weighted by Crippen LogP contribution is -2.50. The van der Waals surface area contributed by atoms with Gasteiger partial charge >= 0.3 is 0 Å². The van der Waals surface area contributed by atoms with E-state index in [0.29, 0.717) is 13.0 Å². The van der Waals surface area contributed by atoms with Gasteiger partial charge in [0.25, 0.3) is 0 Å². The van der Waals surface area contributed by atoms with Gasteiger partial charge in [0, 0.05) is 18.7 Å². The largest absolute Gasteiger partial charge is 0.312 e. The Morgan fingerprint density at radius 3 is 2.64 bits per heavy atom. The van der Waals surface area contributed by atoms with Gasteiger partial charge in [0.2, 0.25) is 11.9 Å². The van der Waals surface area contributed by atoms with Gasteiger partial charge in [-0.25, -0.2) is 0 Å². The van der Waals surface area contributed by atoms with E-state index in [0.717, 1.165) is 5.69 Å². The Kier molecular flexibility index (Phi) is 2.18. The van der Waals surface area contributed by atoms with Crippen molar-refractivity contribution in [1.82, 2.24) is 5.32 Å². The van der Waals surface area contributed by atoms with Crippen molar-refractivity contribution < 1.29 is 4.79 Å². The van der Waals surface area contributed by atoms with E-state index in [1.54, 1.807) is 4.90 Å². The number of amides is 1. The Morgan fingerprint density at radius 1 is 1.29 bits per heavy atom. The number of carbonyl (C=O) groups excluding carboxylic acids is 1. The summed E-state index contributed by atoms with van der Waals surface area (Å²) in [5.41, 5.74) is 0.942. The van der Waals surface area contributed by atoms with Crippen LogP contribution in [0.15, 0.2) is 30.3 Å². The number of anilines is 1. The first-order valence-electron chi connectivity index (χ1n) is 4.48. The van der Waals surface area contributed by atoms with Gasteiger partial charge in [-0.3, -0.25) is 15.5 Å². The molecule has 0 spiro atoms. The zero-order valence-corrected chi connectivity index (χ0v) is 7.66. The molecule has 0 unspecified atom stereocenters. The third-order valence-corrected chi connectivity index (χ3v) is 2.16. The monoisotopic (exact) mass is 189 g/mol. The smallest absolute Gasteiger partial charge is 0.228 e. The molecule has 1 fully saturated rings. The van der Waals surface area contributed by atoms with Gasteiger partial charge in [-0.15, -0.1) is 0 Å². The van der Waals surface area contributed by atoms with Crippen molar-refractivity contribution in [3.8, 4) is 0 Å². The van der Waals surface area contributed by atoms with Crippen LogP contribution in [0.5, 0.6) is 0 Å². The fourth-order valence-electron chi connectivity index (χ4n) is 1.45. The number of nitrogens with zero attached hydrogens (tertiary/aromatic N) is 1. The molecule has 0 bridgehead atoms. The van der Waals surface area contributed by atoms with Crippen LogP contribution in [0.2, 0.25) is 0 Å². The van der Waals surface area contributed by atoms with E-state index in [2.05, 4.69) is 5.32 Å². The van der Waals surface area contributed by atoms with Crippen LogP contribution in [0.25, 0.3) is 0 Å². The first-order valence-corrected chi connectivity index (χ1v) is 4.48. The molecule has 1 aliphatic rings. The van der Waals surface area contributed by atoms with E-state index in [4.69, 9.17) is 5.41 Å². The van der Waals surface area contributed by atoms with Crippen molar-refractivity contribution in [3.63, 3.8) is 0 Å². The molecule has 2 rings (SSSR count). The first kappa shape index (κ1) is 8.74. The fraction of sp³-hybridized carbons (Fsp3) is 0.200. The highest BCUT2D eigenvalue weighted by Gasteiger charge is 2.20. The van der Waals surface area contributed by atoms with Gasteiger partial charge in [-0.1, -0.05) is 18.2 Å². The maximum absolute atomic E-state index is 11.0. The highest BCUT2D eigenvalue weighted by molar-refractivity contribution is 6.06. The number of hydrogen-bond acceptors (Lipinski definition) is 2. The molecule has 0 radical (unpaired) electrons. The van der Waals surface area contributed by atoms with Crippen molar-refractivity contribution in [3.05, 3.63) is 30.3 Å². The molecule has 0 saturated carbocycles. The minimum Gasteiger partial charge on any atom is -0.312 e. The van der Waals surface area contributed by atoms with E-state index in [-0.39, 0.29) is 11.9 Å². The van der Waals surface area contributed by atoms with Gasteiger partial charge in [-0.2, -0.15) is 0 Å². The number of rotatable bonds is 1. The average molecular weight is 189 g/mol. The summed E-state index contributed by atoms with van der Waals surface area (Å²) in [7, 11) is 0. The summed E-state index contributed by atoms with van der Waals surface area (Å²) in [6.07, 6.45) is 0.442. The van der Waals surface area contributed by atoms with Crippen LogP contribution in [0, 0.1) is 5.41 Å². The standard InChI is InChI=1S/C10H11N3O/c11-10-12-9(14)6-7-13(10)8-4-2-1-3-5-8/h1-5H,6-7H2,(H2,11,12,14). The normalized spacial score (nSPS) is 16.7. The predicted octanol–water partition coefficient (Wildman–Crippen LogP) is 0.948. The molecule has 4 heteroatoms. The molecule has 4 nitrogen and oxygen atoms in total. The number of hydrogen-bond donors (Lipinski definition) is 2. The Morgan fingerprint density at radius 2 is 2.00 bits per heavy atom. The maximum Gasteiger partial charge on any atom is 0.228 e. The summed E-state index contributed by atoms with van der Waals surface area (Å²) in [5.74, 6) is 0.0784. The zero-order valence-electron chi connectivity index (χ0n) is 7.66. The molecule has 1 amide bonds. The Balaban J connectivity index is 2.20. The minimum atomic E-state index is -0.0813. The molecule has 1 aromatic carbocycles.